The highest BCUT2D eigenvalue weighted by atomic mass is 32.2. The van der Waals surface area contributed by atoms with Crippen LogP contribution in [0, 0.1) is 12.7 Å². The molecule has 0 aliphatic rings. The van der Waals surface area contributed by atoms with Gasteiger partial charge in [-0.2, -0.15) is 0 Å². The average molecular weight is 526 g/mol. The lowest BCUT2D eigenvalue weighted by atomic mass is 10.1. The number of rotatable bonds is 11. The summed E-state index contributed by atoms with van der Waals surface area (Å²) in [5, 5.41) is 2.80. The third kappa shape index (κ3) is 7.16. The maximum Gasteiger partial charge on any atom is 0.264 e. The molecule has 3 aromatic carbocycles. The van der Waals surface area contributed by atoms with Gasteiger partial charge in [0.15, 0.2) is 0 Å². The minimum Gasteiger partial charge on any atom is -0.354 e. The van der Waals surface area contributed by atoms with Gasteiger partial charge in [0, 0.05) is 13.1 Å². The Bertz CT molecular complexity index is 1300. The maximum atomic E-state index is 13.7. The Balaban J connectivity index is 1.99. The van der Waals surface area contributed by atoms with Gasteiger partial charge in [0.05, 0.1) is 10.6 Å². The fourth-order valence-corrected chi connectivity index (χ4v) is 5.15. The number of halogens is 1. The Labute approximate surface area is 218 Å². The molecule has 0 aromatic heterocycles. The fourth-order valence-electron chi connectivity index (χ4n) is 3.73. The predicted octanol–water partition coefficient (Wildman–Crippen LogP) is 4.27. The molecule has 1 atom stereocenters. The quantitative estimate of drug-likeness (QED) is 0.405. The van der Waals surface area contributed by atoms with Crippen LogP contribution in [-0.2, 0) is 26.2 Å². The van der Waals surface area contributed by atoms with Gasteiger partial charge >= 0.3 is 0 Å². The van der Waals surface area contributed by atoms with Crippen LogP contribution in [0.5, 0.6) is 0 Å². The first-order chi connectivity index (χ1) is 17.6. The second-order valence-corrected chi connectivity index (χ2v) is 10.6. The summed E-state index contributed by atoms with van der Waals surface area (Å²) in [4.78, 5) is 27.9. The second-order valence-electron chi connectivity index (χ2n) is 8.78. The van der Waals surface area contributed by atoms with Gasteiger partial charge in [-0.15, -0.1) is 0 Å². The van der Waals surface area contributed by atoms with Crippen LogP contribution in [0.25, 0.3) is 0 Å². The summed E-state index contributed by atoms with van der Waals surface area (Å²) in [6, 6.07) is 19.5. The van der Waals surface area contributed by atoms with Crippen molar-refractivity contribution in [2.75, 3.05) is 17.4 Å². The van der Waals surface area contributed by atoms with Gasteiger partial charge in [-0.05, 0) is 62.2 Å². The van der Waals surface area contributed by atoms with Gasteiger partial charge in [-0.25, -0.2) is 12.8 Å². The number of hydrogen-bond acceptors (Lipinski definition) is 4. The Hall–Kier alpha value is -3.72. The normalized spacial score (nSPS) is 12.0. The largest absolute Gasteiger partial charge is 0.354 e. The van der Waals surface area contributed by atoms with Crippen LogP contribution in [0.4, 0.5) is 10.1 Å². The SMILES string of the molecule is CCCNC(=O)[C@@H](C)N(Cc1ccccc1)C(=O)CN(c1ccc(F)cc1)S(=O)(=O)c1ccc(C)cc1. The van der Waals surface area contributed by atoms with Crippen molar-refractivity contribution < 1.29 is 22.4 Å². The summed E-state index contributed by atoms with van der Waals surface area (Å²) in [6.45, 7) is 5.38. The standard InChI is InChI=1S/C28H32FN3O4S/c1-4-18-30-28(34)22(3)31(19-23-8-6-5-7-9-23)27(33)20-32(25-14-12-24(29)13-15-25)37(35,36)26-16-10-21(2)11-17-26/h5-17,22H,4,18-20H2,1-3H3,(H,30,34)/t22-/m1/s1. The zero-order valence-electron chi connectivity index (χ0n) is 21.2. The van der Waals surface area contributed by atoms with E-state index in [2.05, 4.69) is 5.32 Å². The van der Waals surface area contributed by atoms with Crippen molar-refractivity contribution in [3.05, 3.63) is 95.8 Å². The highest BCUT2D eigenvalue weighted by molar-refractivity contribution is 7.92. The van der Waals surface area contributed by atoms with Gasteiger partial charge in [-0.3, -0.25) is 13.9 Å². The van der Waals surface area contributed by atoms with Gasteiger partial charge in [0.1, 0.15) is 18.4 Å². The predicted molar refractivity (Wildman–Crippen MR) is 142 cm³/mol. The molecule has 0 fully saturated rings. The van der Waals surface area contributed by atoms with E-state index in [1.54, 1.807) is 19.1 Å². The molecule has 3 aromatic rings. The molecular weight excluding hydrogens is 493 g/mol. The van der Waals surface area contributed by atoms with Gasteiger partial charge in [0.2, 0.25) is 11.8 Å². The van der Waals surface area contributed by atoms with Gasteiger partial charge in [0.25, 0.3) is 10.0 Å². The zero-order chi connectivity index (χ0) is 27.0. The smallest absolute Gasteiger partial charge is 0.264 e. The van der Waals surface area contributed by atoms with E-state index < -0.39 is 34.3 Å². The van der Waals surface area contributed by atoms with Crippen molar-refractivity contribution in [1.82, 2.24) is 10.2 Å². The highest BCUT2D eigenvalue weighted by Gasteiger charge is 2.32. The van der Waals surface area contributed by atoms with E-state index in [0.717, 1.165) is 34.0 Å². The molecule has 7 nitrogen and oxygen atoms in total. The summed E-state index contributed by atoms with van der Waals surface area (Å²) >= 11 is 0. The summed E-state index contributed by atoms with van der Waals surface area (Å²) in [5.74, 6) is -1.43. The number of aryl methyl sites for hydroxylation is 1. The van der Waals surface area contributed by atoms with Crippen molar-refractivity contribution >= 4 is 27.5 Å². The summed E-state index contributed by atoms with van der Waals surface area (Å²) in [6.07, 6.45) is 0.734. The van der Waals surface area contributed by atoms with E-state index in [9.17, 15) is 22.4 Å². The van der Waals surface area contributed by atoms with Gasteiger partial charge in [-0.1, -0.05) is 55.0 Å². The molecule has 37 heavy (non-hydrogen) atoms. The first-order valence-corrected chi connectivity index (χ1v) is 13.5. The molecule has 0 aliphatic carbocycles. The minimum atomic E-state index is -4.18. The number of carbonyl (C=O) groups is 2. The van der Waals surface area contributed by atoms with E-state index in [-0.39, 0.29) is 23.0 Å². The first kappa shape index (κ1) is 27.9. The third-order valence-electron chi connectivity index (χ3n) is 5.91. The van der Waals surface area contributed by atoms with Crippen LogP contribution in [0.3, 0.4) is 0 Å². The van der Waals surface area contributed by atoms with Crippen LogP contribution < -0.4 is 9.62 Å². The van der Waals surface area contributed by atoms with Crippen molar-refractivity contribution in [2.24, 2.45) is 0 Å². The summed E-state index contributed by atoms with van der Waals surface area (Å²) in [7, 11) is -4.18. The van der Waals surface area contributed by atoms with Crippen LogP contribution in [0.2, 0.25) is 0 Å². The maximum absolute atomic E-state index is 13.7. The number of nitrogens with zero attached hydrogens (tertiary/aromatic N) is 2. The van der Waals surface area contributed by atoms with Crippen LogP contribution in [-0.4, -0.2) is 44.3 Å². The Morgan fingerprint density at radius 1 is 0.946 bits per heavy atom. The van der Waals surface area contributed by atoms with E-state index in [0.29, 0.717) is 6.54 Å². The molecule has 0 radical (unpaired) electrons. The number of sulfonamides is 1. The monoisotopic (exact) mass is 525 g/mol. The third-order valence-corrected chi connectivity index (χ3v) is 7.70. The molecular formula is C28H32FN3O4S. The number of carbonyl (C=O) groups excluding carboxylic acids is 2. The first-order valence-electron chi connectivity index (χ1n) is 12.1. The molecule has 1 N–H and O–H groups in total. The molecule has 3 rings (SSSR count). The van der Waals surface area contributed by atoms with Crippen LogP contribution >= 0.6 is 0 Å². The molecule has 9 heteroatoms. The van der Waals surface area contributed by atoms with E-state index in [1.165, 1.54) is 29.2 Å². The zero-order valence-corrected chi connectivity index (χ0v) is 22.0. The number of amides is 2. The number of hydrogen-bond donors (Lipinski definition) is 1. The lowest BCUT2D eigenvalue weighted by Gasteiger charge is -2.32. The summed E-state index contributed by atoms with van der Waals surface area (Å²) < 4.78 is 42.0. The molecule has 0 saturated carbocycles. The molecule has 0 aliphatic heterocycles. The molecule has 0 spiro atoms. The Kier molecular flexibility index (Phi) is 9.41. The molecule has 0 saturated heterocycles. The fraction of sp³-hybridized carbons (Fsp3) is 0.286. The Morgan fingerprint density at radius 2 is 1.57 bits per heavy atom. The summed E-state index contributed by atoms with van der Waals surface area (Å²) in [5.41, 5.74) is 1.81. The molecule has 2 amide bonds. The van der Waals surface area contributed by atoms with E-state index >= 15 is 0 Å². The minimum absolute atomic E-state index is 0.00132. The van der Waals surface area contributed by atoms with Crippen molar-refractivity contribution in [3.8, 4) is 0 Å². The van der Waals surface area contributed by atoms with Crippen molar-refractivity contribution in [2.45, 2.75) is 44.7 Å². The van der Waals surface area contributed by atoms with Crippen LogP contribution in [0.15, 0.2) is 83.8 Å². The lowest BCUT2D eigenvalue weighted by molar-refractivity contribution is -0.139. The Morgan fingerprint density at radius 3 is 2.16 bits per heavy atom. The molecule has 0 bridgehead atoms. The van der Waals surface area contributed by atoms with E-state index in [1.807, 2.05) is 44.2 Å². The van der Waals surface area contributed by atoms with E-state index in [4.69, 9.17) is 0 Å². The number of nitrogens with one attached hydrogen (secondary N) is 1. The number of anilines is 1. The molecule has 0 heterocycles. The highest BCUT2D eigenvalue weighted by Crippen LogP contribution is 2.25. The topological polar surface area (TPSA) is 86.8 Å². The lowest BCUT2D eigenvalue weighted by Crippen LogP contribution is -2.51. The van der Waals surface area contributed by atoms with Crippen molar-refractivity contribution in [3.63, 3.8) is 0 Å². The van der Waals surface area contributed by atoms with Crippen molar-refractivity contribution in [1.29, 1.82) is 0 Å². The van der Waals surface area contributed by atoms with Gasteiger partial charge < -0.3 is 10.2 Å². The molecule has 0 unspecified atom stereocenters. The number of benzene rings is 3. The second kappa shape index (κ2) is 12.5. The average Bonchev–Trinajstić information content (AvgIpc) is 2.89. The van der Waals surface area contributed by atoms with Crippen LogP contribution in [0.1, 0.15) is 31.4 Å². The molecule has 196 valence electrons.